The van der Waals surface area contributed by atoms with Gasteiger partial charge < -0.3 is 15.4 Å². The molecule has 18 heavy (non-hydrogen) atoms. The molecule has 2 rings (SSSR count). The van der Waals surface area contributed by atoms with Crippen LogP contribution >= 0.6 is 12.2 Å². The summed E-state index contributed by atoms with van der Waals surface area (Å²) in [6, 6.07) is 5.68. The van der Waals surface area contributed by atoms with Crippen LogP contribution < -0.4 is 10.6 Å². The van der Waals surface area contributed by atoms with Gasteiger partial charge in [0.2, 0.25) is 0 Å². The highest BCUT2D eigenvalue weighted by molar-refractivity contribution is 7.80. The van der Waals surface area contributed by atoms with Crippen LogP contribution in [0.25, 0.3) is 0 Å². The maximum Gasteiger partial charge on any atom is 0.171 e. The van der Waals surface area contributed by atoms with Crippen molar-refractivity contribution in [1.29, 1.82) is 0 Å². The van der Waals surface area contributed by atoms with Crippen molar-refractivity contribution in [2.45, 2.75) is 0 Å². The van der Waals surface area contributed by atoms with E-state index in [1.165, 1.54) is 0 Å². The number of hydrogen-bond donors (Lipinski definition) is 2. The molecule has 0 aromatic carbocycles. The van der Waals surface area contributed by atoms with Gasteiger partial charge >= 0.3 is 0 Å². The number of nitrogens with zero attached hydrogens (tertiary/aromatic N) is 2. The Labute approximate surface area is 113 Å². The third kappa shape index (κ3) is 4.56. The summed E-state index contributed by atoms with van der Waals surface area (Å²) in [7, 11) is 0. The van der Waals surface area contributed by atoms with Crippen molar-refractivity contribution in [3.05, 3.63) is 24.4 Å². The van der Waals surface area contributed by atoms with Crippen LogP contribution in [0.15, 0.2) is 24.4 Å². The lowest BCUT2D eigenvalue weighted by molar-refractivity contribution is 0.0389. The van der Waals surface area contributed by atoms with Crippen molar-refractivity contribution >= 4 is 23.1 Å². The first-order valence-electron chi connectivity index (χ1n) is 6.10. The normalized spacial score (nSPS) is 16.2. The van der Waals surface area contributed by atoms with Gasteiger partial charge in [0.1, 0.15) is 5.82 Å². The number of rotatable bonds is 4. The summed E-state index contributed by atoms with van der Waals surface area (Å²) in [5.74, 6) is 0.765. The molecule has 1 fully saturated rings. The molecule has 1 aromatic rings. The van der Waals surface area contributed by atoms with Gasteiger partial charge in [-0.25, -0.2) is 4.98 Å². The lowest BCUT2D eigenvalue weighted by Gasteiger charge is -2.26. The predicted molar refractivity (Wildman–Crippen MR) is 75.7 cm³/mol. The van der Waals surface area contributed by atoms with E-state index in [0.717, 1.165) is 45.2 Å². The smallest absolute Gasteiger partial charge is 0.171 e. The van der Waals surface area contributed by atoms with Crippen LogP contribution in [0.1, 0.15) is 0 Å². The Morgan fingerprint density at radius 2 is 2.22 bits per heavy atom. The fourth-order valence-corrected chi connectivity index (χ4v) is 1.96. The molecule has 0 aliphatic carbocycles. The maximum absolute atomic E-state index is 5.30. The number of aromatic nitrogens is 1. The van der Waals surface area contributed by atoms with Gasteiger partial charge in [-0.15, -0.1) is 0 Å². The number of pyridine rings is 1. The van der Waals surface area contributed by atoms with Crippen LogP contribution in [0, 0.1) is 0 Å². The molecular weight excluding hydrogens is 248 g/mol. The summed E-state index contributed by atoms with van der Waals surface area (Å²) in [4.78, 5) is 6.51. The van der Waals surface area contributed by atoms with E-state index < -0.39 is 0 Å². The minimum atomic E-state index is 0.613. The van der Waals surface area contributed by atoms with E-state index in [0.29, 0.717) is 5.11 Å². The van der Waals surface area contributed by atoms with Crippen LogP contribution in [0.2, 0.25) is 0 Å². The largest absolute Gasteiger partial charge is 0.379 e. The second-order valence-corrected chi connectivity index (χ2v) is 4.46. The van der Waals surface area contributed by atoms with Gasteiger partial charge in [-0.3, -0.25) is 4.90 Å². The van der Waals surface area contributed by atoms with E-state index in [-0.39, 0.29) is 0 Å². The summed E-state index contributed by atoms with van der Waals surface area (Å²) in [5, 5.41) is 6.83. The number of ether oxygens (including phenoxy) is 1. The Balaban J connectivity index is 1.62. The SMILES string of the molecule is S=C(NCCN1CCOCC1)Nc1ccccn1. The fraction of sp³-hybridized carbons (Fsp3) is 0.500. The van der Waals surface area contributed by atoms with E-state index >= 15 is 0 Å². The van der Waals surface area contributed by atoms with Gasteiger partial charge in [0.25, 0.3) is 0 Å². The van der Waals surface area contributed by atoms with Gasteiger partial charge in [0.15, 0.2) is 5.11 Å². The Hall–Kier alpha value is -1.24. The molecule has 6 heteroatoms. The first-order valence-corrected chi connectivity index (χ1v) is 6.51. The molecule has 1 aliphatic heterocycles. The van der Waals surface area contributed by atoms with Crippen LogP contribution in [0.4, 0.5) is 5.82 Å². The highest BCUT2D eigenvalue weighted by Gasteiger charge is 2.09. The first-order chi connectivity index (χ1) is 8.84. The number of thiocarbonyl (C=S) groups is 1. The molecule has 2 heterocycles. The molecule has 0 unspecified atom stereocenters. The van der Waals surface area contributed by atoms with E-state index in [4.69, 9.17) is 17.0 Å². The molecule has 1 aromatic heterocycles. The van der Waals surface area contributed by atoms with E-state index in [2.05, 4.69) is 20.5 Å². The van der Waals surface area contributed by atoms with Crippen molar-refractivity contribution in [3.63, 3.8) is 0 Å². The van der Waals surface area contributed by atoms with Crippen LogP contribution in [-0.2, 0) is 4.74 Å². The van der Waals surface area contributed by atoms with E-state index in [1.54, 1.807) is 6.20 Å². The second-order valence-electron chi connectivity index (χ2n) is 4.05. The van der Waals surface area contributed by atoms with Crippen LogP contribution in [0.5, 0.6) is 0 Å². The monoisotopic (exact) mass is 266 g/mol. The number of morpholine rings is 1. The van der Waals surface area contributed by atoms with Gasteiger partial charge in [0.05, 0.1) is 13.2 Å². The molecule has 0 saturated carbocycles. The standard InChI is InChI=1S/C12H18N4OS/c18-12(15-11-3-1-2-4-13-11)14-5-6-16-7-9-17-10-8-16/h1-4H,5-10H2,(H2,13,14,15,18). The lowest BCUT2D eigenvalue weighted by atomic mass is 10.4. The highest BCUT2D eigenvalue weighted by atomic mass is 32.1. The Morgan fingerprint density at radius 1 is 1.39 bits per heavy atom. The van der Waals surface area contributed by atoms with Crippen molar-refractivity contribution in [1.82, 2.24) is 15.2 Å². The summed E-state index contributed by atoms with van der Waals surface area (Å²) < 4.78 is 5.30. The number of hydrogen-bond acceptors (Lipinski definition) is 4. The zero-order valence-corrected chi connectivity index (χ0v) is 11.1. The van der Waals surface area contributed by atoms with Gasteiger partial charge in [-0.05, 0) is 24.4 Å². The van der Waals surface area contributed by atoms with E-state index in [9.17, 15) is 0 Å². The topological polar surface area (TPSA) is 49.4 Å². The molecule has 0 spiro atoms. The molecule has 0 radical (unpaired) electrons. The fourth-order valence-electron chi connectivity index (χ4n) is 1.75. The average molecular weight is 266 g/mol. The summed E-state index contributed by atoms with van der Waals surface area (Å²) in [6.07, 6.45) is 1.73. The van der Waals surface area contributed by atoms with Crippen molar-refractivity contribution < 1.29 is 4.74 Å². The zero-order valence-electron chi connectivity index (χ0n) is 10.3. The second kappa shape index (κ2) is 7.25. The van der Waals surface area contributed by atoms with Crippen molar-refractivity contribution in [2.24, 2.45) is 0 Å². The van der Waals surface area contributed by atoms with Gasteiger partial charge in [-0.1, -0.05) is 6.07 Å². The van der Waals surface area contributed by atoms with Crippen molar-refractivity contribution in [2.75, 3.05) is 44.7 Å². The first kappa shape index (κ1) is 13.2. The summed E-state index contributed by atoms with van der Waals surface area (Å²) in [6.45, 7) is 5.48. The molecule has 2 N–H and O–H groups in total. The average Bonchev–Trinajstić information content (AvgIpc) is 2.41. The van der Waals surface area contributed by atoms with Gasteiger partial charge in [-0.2, -0.15) is 0 Å². The quantitative estimate of drug-likeness (QED) is 0.783. The third-order valence-corrected chi connectivity index (χ3v) is 2.97. The Bertz CT molecular complexity index is 368. The summed E-state index contributed by atoms with van der Waals surface area (Å²) in [5.41, 5.74) is 0. The van der Waals surface area contributed by atoms with E-state index in [1.807, 2.05) is 18.2 Å². The Morgan fingerprint density at radius 3 is 2.94 bits per heavy atom. The summed E-state index contributed by atoms with van der Waals surface area (Å²) >= 11 is 5.20. The van der Waals surface area contributed by atoms with Gasteiger partial charge in [0, 0.05) is 32.4 Å². The molecule has 98 valence electrons. The predicted octanol–water partition coefficient (Wildman–Crippen LogP) is 0.700. The molecule has 5 nitrogen and oxygen atoms in total. The minimum absolute atomic E-state index is 0.613. The number of anilines is 1. The zero-order chi connectivity index (χ0) is 12.6. The molecule has 0 atom stereocenters. The molecule has 0 amide bonds. The molecule has 0 bridgehead atoms. The number of nitrogens with one attached hydrogen (secondary N) is 2. The lowest BCUT2D eigenvalue weighted by Crippen LogP contribution is -2.42. The molecular formula is C12H18N4OS. The molecule has 1 saturated heterocycles. The Kier molecular flexibility index (Phi) is 5.32. The maximum atomic E-state index is 5.30. The highest BCUT2D eigenvalue weighted by Crippen LogP contribution is 1.99. The van der Waals surface area contributed by atoms with Crippen molar-refractivity contribution in [3.8, 4) is 0 Å². The minimum Gasteiger partial charge on any atom is -0.379 e. The van der Waals surface area contributed by atoms with Crippen LogP contribution in [0.3, 0.4) is 0 Å². The third-order valence-electron chi connectivity index (χ3n) is 2.72. The van der Waals surface area contributed by atoms with Crippen LogP contribution in [-0.4, -0.2) is 54.4 Å². The molecule has 1 aliphatic rings.